The number of ether oxygens (including phenoxy) is 3. The normalized spacial score (nSPS) is 13.3. The lowest BCUT2D eigenvalue weighted by atomic mass is 10.1. The number of nitrogens with one attached hydrogen (secondary N) is 1. The van der Waals surface area contributed by atoms with Gasteiger partial charge in [0.2, 0.25) is 0 Å². The maximum absolute atomic E-state index is 13.8. The first-order valence-corrected chi connectivity index (χ1v) is 12.9. The van der Waals surface area contributed by atoms with E-state index in [0.717, 1.165) is 0 Å². The fourth-order valence-electron chi connectivity index (χ4n) is 3.41. The molecule has 0 saturated carbocycles. The van der Waals surface area contributed by atoms with Crippen molar-refractivity contribution in [1.82, 2.24) is 4.90 Å². The third-order valence-electron chi connectivity index (χ3n) is 5.76. The van der Waals surface area contributed by atoms with Gasteiger partial charge in [-0.3, -0.25) is 0 Å². The molecular formula is C26H26ClF9N2O6. The molecule has 44 heavy (non-hydrogen) atoms. The van der Waals surface area contributed by atoms with Gasteiger partial charge < -0.3 is 29.5 Å². The molecule has 8 nitrogen and oxygen atoms in total. The van der Waals surface area contributed by atoms with Crippen LogP contribution in [0.2, 0.25) is 5.02 Å². The van der Waals surface area contributed by atoms with Crippen molar-refractivity contribution in [2.24, 2.45) is 0 Å². The van der Waals surface area contributed by atoms with Crippen LogP contribution in [0.15, 0.2) is 48.5 Å². The third kappa shape index (κ3) is 9.53. The van der Waals surface area contributed by atoms with E-state index in [1.807, 2.05) is 0 Å². The number of nitrogens with zero attached hydrogens (tertiary/aromatic N) is 1. The maximum Gasteiger partial charge on any atom is 0.460 e. The van der Waals surface area contributed by atoms with Crippen molar-refractivity contribution in [3.63, 3.8) is 0 Å². The lowest BCUT2D eigenvalue weighted by Gasteiger charge is -2.33. The summed E-state index contributed by atoms with van der Waals surface area (Å²) in [6.07, 6.45) is -14.3. The van der Waals surface area contributed by atoms with Crippen molar-refractivity contribution in [2.45, 2.75) is 43.6 Å². The Morgan fingerprint density at radius 2 is 1.45 bits per heavy atom. The second kappa shape index (κ2) is 15.0. The fourth-order valence-corrected chi connectivity index (χ4v) is 3.54. The summed E-state index contributed by atoms with van der Waals surface area (Å²) >= 11 is 5.76. The quantitative estimate of drug-likeness (QED) is 0.193. The van der Waals surface area contributed by atoms with Gasteiger partial charge in [0.1, 0.15) is 12.4 Å². The minimum atomic E-state index is -7.13. The minimum Gasteiger partial charge on any atom is -0.492 e. The number of carbonyl (C=O) groups is 2. The van der Waals surface area contributed by atoms with Gasteiger partial charge in [0.25, 0.3) is 0 Å². The van der Waals surface area contributed by atoms with Crippen LogP contribution >= 0.6 is 11.6 Å². The second-order valence-corrected chi connectivity index (χ2v) is 9.35. The summed E-state index contributed by atoms with van der Waals surface area (Å²) < 4.78 is 132. The van der Waals surface area contributed by atoms with Crippen molar-refractivity contribution >= 4 is 29.3 Å². The van der Waals surface area contributed by atoms with Crippen molar-refractivity contribution < 1.29 is 68.4 Å². The standard InChI is InChI=1S/C26H26ClF9N2O6/c1-2-42-20(21(39)40)15-16-3-9-19(10-4-16)43-13-11-38(22(41)37-18-7-5-17(27)6-8-18)12-14-44-26(35,36)24(30,31)23(28,29)25(32,33)34/h3-10,20H,2,11-15H2,1H3,(H,37,41)(H,39,40). The highest BCUT2D eigenvalue weighted by atomic mass is 35.5. The van der Waals surface area contributed by atoms with Gasteiger partial charge in [-0.25, -0.2) is 9.59 Å². The van der Waals surface area contributed by atoms with E-state index in [9.17, 15) is 54.2 Å². The predicted octanol–water partition coefficient (Wildman–Crippen LogP) is 6.73. The van der Waals surface area contributed by atoms with E-state index >= 15 is 0 Å². The molecule has 18 heteroatoms. The van der Waals surface area contributed by atoms with Crippen LogP contribution in [-0.2, 0) is 20.7 Å². The van der Waals surface area contributed by atoms with E-state index < -0.39 is 61.9 Å². The van der Waals surface area contributed by atoms with Crippen LogP contribution in [0.4, 0.5) is 50.0 Å². The number of urea groups is 1. The van der Waals surface area contributed by atoms with Crippen molar-refractivity contribution in [3.05, 3.63) is 59.1 Å². The number of rotatable bonds is 16. The molecular weight excluding hydrogens is 643 g/mol. The molecule has 0 aromatic heterocycles. The molecule has 0 heterocycles. The number of aliphatic carboxylic acids is 1. The molecule has 1 atom stereocenters. The monoisotopic (exact) mass is 668 g/mol. The highest BCUT2D eigenvalue weighted by Crippen LogP contribution is 2.53. The summed E-state index contributed by atoms with van der Waals surface area (Å²) in [4.78, 5) is 24.7. The molecule has 1 unspecified atom stereocenters. The average Bonchev–Trinajstić information content (AvgIpc) is 2.93. The number of hydrogen-bond acceptors (Lipinski definition) is 5. The van der Waals surface area contributed by atoms with Gasteiger partial charge in [0, 0.05) is 30.3 Å². The number of halogens is 10. The van der Waals surface area contributed by atoms with E-state index in [1.165, 1.54) is 48.5 Å². The van der Waals surface area contributed by atoms with Crippen LogP contribution in [0.3, 0.4) is 0 Å². The number of carbonyl (C=O) groups excluding carboxylic acids is 1. The van der Waals surface area contributed by atoms with E-state index in [4.69, 9.17) is 21.1 Å². The number of carboxylic acid groups (broad SMARTS) is 1. The van der Waals surface area contributed by atoms with Crippen molar-refractivity contribution in [2.75, 3.05) is 38.2 Å². The minimum absolute atomic E-state index is 0.0423. The average molecular weight is 669 g/mol. The van der Waals surface area contributed by atoms with Crippen LogP contribution in [0.25, 0.3) is 0 Å². The van der Waals surface area contributed by atoms with Crippen molar-refractivity contribution in [1.29, 1.82) is 0 Å². The van der Waals surface area contributed by atoms with E-state index in [2.05, 4.69) is 10.1 Å². The lowest BCUT2D eigenvalue weighted by molar-refractivity contribution is -0.443. The van der Waals surface area contributed by atoms with Crippen LogP contribution in [0.1, 0.15) is 12.5 Å². The number of amides is 2. The summed E-state index contributed by atoms with van der Waals surface area (Å²) in [5.74, 6) is -15.1. The third-order valence-corrected chi connectivity index (χ3v) is 6.01. The molecule has 2 amide bonds. The lowest BCUT2D eigenvalue weighted by Crippen LogP contribution is -2.62. The zero-order valence-electron chi connectivity index (χ0n) is 22.7. The Kier molecular flexibility index (Phi) is 12.6. The van der Waals surface area contributed by atoms with Gasteiger partial charge in [0.15, 0.2) is 6.10 Å². The summed E-state index contributed by atoms with van der Waals surface area (Å²) in [6.45, 7) is -1.53. The Hall–Kier alpha value is -3.44. The Morgan fingerprint density at radius 1 is 0.886 bits per heavy atom. The largest absolute Gasteiger partial charge is 0.492 e. The smallest absolute Gasteiger partial charge is 0.460 e. The summed E-state index contributed by atoms with van der Waals surface area (Å²) in [7, 11) is 0. The number of anilines is 1. The molecule has 0 bridgehead atoms. The van der Waals surface area contributed by atoms with E-state index in [0.29, 0.717) is 15.5 Å². The van der Waals surface area contributed by atoms with Crippen LogP contribution in [0.5, 0.6) is 5.75 Å². The zero-order valence-corrected chi connectivity index (χ0v) is 23.4. The number of carboxylic acids is 1. The van der Waals surface area contributed by atoms with Crippen LogP contribution < -0.4 is 10.1 Å². The van der Waals surface area contributed by atoms with Gasteiger partial charge in [-0.2, -0.15) is 39.5 Å². The number of alkyl halides is 9. The van der Waals surface area contributed by atoms with E-state index in [-0.39, 0.29) is 31.1 Å². The van der Waals surface area contributed by atoms with E-state index in [1.54, 1.807) is 6.92 Å². The number of benzene rings is 2. The van der Waals surface area contributed by atoms with Gasteiger partial charge in [-0.15, -0.1) is 0 Å². The van der Waals surface area contributed by atoms with Gasteiger partial charge in [0.05, 0.1) is 13.2 Å². The molecule has 0 aliphatic carbocycles. The fraction of sp³-hybridized carbons (Fsp3) is 0.462. The summed E-state index contributed by atoms with van der Waals surface area (Å²) in [5.41, 5.74) is 0.725. The number of hydrogen-bond donors (Lipinski definition) is 2. The Morgan fingerprint density at radius 3 is 1.98 bits per heavy atom. The maximum atomic E-state index is 13.8. The molecule has 0 saturated heterocycles. The Bertz CT molecular complexity index is 1230. The second-order valence-electron chi connectivity index (χ2n) is 8.91. The molecule has 2 N–H and O–H groups in total. The molecule has 246 valence electrons. The topological polar surface area (TPSA) is 97.3 Å². The van der Waals surface area contributed by atoms with Gasteiger partial charge in [-0.1, -0.05) is 23.7 Å². The van der Waals surface area contributed by atoms with Crippen LogP contribution in [-0.4, -0.2) is 85.2 Å². The molecule has 2 aromatic carbocycles. The molecule has 0 aliphatic heterocycles. The van der Waals surface area contributed by atoms with Gasteiger partial charge >= 0.3 is 36.1 Å². The highest BCUT2D eigenvalue weighted by Gasteiger charge is 2.82. The first-order valence-electron chi connectivity index (χ1n) is 12.5. The molecule has 0 fully saturated rings. The SMILES string of the molecule is CCOC(Cc1ccc(OCCN(CCOC(F)(F)C(F)(F)C(F)(F)C(F)(F)F)C(=O)Nc2ccc(Cl)cc2)cc1)C(=O)O. The predicted molar refractivity (Wildman–Crippen MR) is 138 cm³/mol. The molecule has 2 aromatic rings. The van der Waals surface area contributed by atoms with Crippen molar-refractivity contribution in [3.8, 4) is 5.75 Å². The summed E-state index contributed by atoms with van der Waals surface area (Å²) in [5, 5.41) is 11.8. The molecule has 0 spiro atoms. The molecule has 2 rings (SSSR count). The Balaban J connectivity index is 2.09. The molecule has 0 radical (unpaired) electrons. The first kappa shape index (κ1) is 36.8. The highest BCUT2D eigenvalue weighted by molar-refractivity contribution is 6.30. The Labute approximate surface area is 249 Å². The molecule has 0 aliphatic rings. The van der Waals surface area contributed by atoms with Gasteiger partial charge in [-0.05, 0) is 48.9 Å². The first-order chi connectivity index (χ1) is 20.3. The zero-order chi connectivity index (χ0) is 33.3. The van der Waals surface area contributed by atoms with Crippen LogP contribution in [0, 0.1) is 0 Å². The summed E-state index contributed by atoms with van der Waals surface area (Å²) in [6, 6.07) is 10.4.